The third-order valence-electron chi connectivity index (χ3n) is 5.44. The van der Waals surface area contributed by atoms with Crippen molar-refractivity contribution in [1.82, 2.24) is 0 Å². The molecule has 0 saturated carbocycles. The number of carbonyl (C=O) groups excluding carboxylic acids is 2. The van der Waals surface area contributed by atoms with Crippen LogP contribution in [0.3, 0.4) is 0 Å². The Bertz CT molecular complexity index is 930. The Kier molecular flexibility index (Phi) is 6.63. The first kappa shape index (κ1) is 21.1. The van der Waals surface area contributed by atoms with Gasteiger partial charge in [0.05, 0.1) is 0 Å². The summed E-state index contributed by atoms with van der Waals surface area (Å²) < 4.78 is 24.0. The van der Waals surface area contributed by atoms with Crippen LogP contribution in [0.2, 0.25) is 0 Å². The number of hydrogen-bond donors (Lipinski definition) is 4. The number of halogens is 1. The van der Waals surface area contributed by atoms with Gasteiger partial charge in [-0.2, -0.15) is 0 Å². The van der Waals surface area contributed by atoms with Gasteiger partial charge in [0.2, 0.25) is 0 Å². The Morgan fingerprint density at radius 3 is 1.90 bits per heavy atom. The first-order chi connectivity index (χ1) is 15.0. The van der Waals surface area contributed by atoms with Crippen LogP contribution >= 0.6 is 0 Å². The van der Waals surface area contributed by atoms with Crippen LogP contribution in [0.15, 0.2) is 42.5 Å². The number of amides is 2. The van der Waals surface area contributed by atoms with Crippen LogP contribution in [0.25, 0.3) is 0 Å². The SMILES string of the molecule is O=C(C[NH+]1CC[NH+](CC(=O)Nc2ccc3c(c2)OCCO3)CC1)Nc1ccc(F)cc1. The molecule has 2 aliphatic rings. The van der Waals surface area contributed by atoms with E-state index in [4.69, 9.17) is 9.47 Å². The van der Waals surface area contributed by atoms with E-state index in [-0.39, 0.29) is 17.6 Å². The maximum Gasteiger partial charge on any atom is 0.279 e. The molecule has 0 aromatic heterocycles. The minimum atomic E-state index is -0.333. The monoisotopic (exact) mass is 430 g/mol. The number of fused-ring (bicyclic) bond motifs is 1. The van der Waals surface area contributed by atoms with Crippen LogP contribution in [0, 0.1) is 5.82 Å². The molecule has 164 valence electrons. The minimum absolute atomic E-state index is 0.0517. The van der Waals surface area contributed by atoms with Crippen molar-refractivity contribution in [2.24, 2.45) is 0 Å². The zero-order valence-electron chi connectivity index (χ0n) is 17.2. The van der Waals surface area contributed by atoms with Crippen molar-refractivity contribution in [1.29, 1.82) is 0 Å². The fourth-order valence-corrected chi connectivity index (χ4v) is 3.83. The quantitative estimate of drug-likeness (QED) is 0.472. The highest BCUT2D eigenvalue weighted by molar-refractivity contribution is 5.92. The van der Waals surface area contributed by atoms with Gasteiger partial charge in [0.25, 0.3) is 11.8 Å². The van der Waals surface area contributed by atoms with Gasteiger partial charge in [-0.05, 0) is 36.4 Å². The van der Waals surface area contributed by atoms with Gasteiger partial charge in [-0.3, -0.25) is 9.59 Å². The maximum atomic E-state index is 13.0. The summed E-state index contributed by atoms with van der Waals surface area (Å²) in [4.78, 5) is 27.0. The Balaban J connectivity index is 1.18. The molecule has 9 heteroatoms. The summed E-state index contributed by atoms with van der Waals surface area (Å²) >= 11 is 0. The molecule has 0 spiro atoms. The summed E-state index contributed by atoms with van der Waals surface area (Å²) in [7, 11) is 0. The Labute approximate surface area is 179 Å². The summed E-state index contributed by atoms with van der Waals surface area (Å²) in [6, 6.07) is 11.1. The second-order valence-electron chi connectivity index (χ2n) is 7.82. The summed E-state index contributed by atoms with van der Waals surface area (Å²) in [5.74, 6) is 0.858. The normalized spacial score (nSPS) is 20.0. The summed E-state index contributed by atoms with van der Waals surface area (Å²) in [5.41, 5.74) is 1.28. The zero-order valence-corrected chi connectivity index (χ0v) is 17.2. The number of hydrogen-bond acceptors (Lipinski definition) is 4. The van der Waals surface area contributed by atoms with E-state index in [1.807, 2.05) is 6.07 Å². The van der Waals surface area contributed by atoms with E-state index in [9.17, 15) is 14.0 Å². The number of ether oxygens (including phenoxy) is 2. The molecule has 1 saturated heterocycles. The number of nitrogens with one attached hydrogen (secondary N) is 4. The topological polar surface area (TPSA) is 85.5 Å². The number of carbonyl (C=O) groups is 2. The van der Waals surface area contributed by atoms with Crippen LogP contribution < -0.4 is 29.9 Å². The van der Waals surface area contributed by atoms with E-state index in [0.717, 1.165) is 26.2 Å². The molecule has 0 bridgehead atoms. The summed E-state index contributed by atoms with van der Waals surface area (Å²) in [5, 5.41) is 5.71. The van der Waals surface area contributed by atoms with E-state index < -0.39 is 0 Å². The number of rotatable bonds is 6. The van der Waals surface area contributed by atoms with E-state index in [0.29, 0.717) is 49.2 Å². The largest absolute Gasteiger partial charge is 0.486 e. The molecular weight excluding hydrogens is 403 g/mol. The average molecular weight is 430 g/mol. The van der Waals surface area contributed by atoms with Gasteiger partial charge in [0, 0.05) is 17.4 Å². The lowest BCUT2D eigenvalue weighted by molar-refractivity contribution is -1.00. The van der Waals surface area contributed by atoms with Crippen molar-refractivity contribution < 1.29 is 33.3 Å². The Morgan fingerprint density at radius 1 is 0.774 bits per heavy atom. The summed E-state index contributed by atoms with van der Waals surface area (Å²) in [6.07, 6.45) is 0. The third kappa shape index (κ3) is 5.93. The summed E-state index contributed by atoms with van der Waals surface area (Å²) in [6.45, 7) is 5.01. The van der Waals surface area contributed by atoms with Crippen molar-refractivity contribution in [3.05, 3.63) is 48.3 Å². The van der Waals surface area contributed by atoms with Crippen LogP contribution in [0.4, 0.5) is 15.8 Å². The average Bonchev–Trinajstić information content (AvgIpc) is 2.76. The standard InChI is InChI=1S/C22H25FN4O4/c23-16-1-3-17(4-2-16)24-21(28)14-26-7-9-27(10-8-26)15-22(29)25-18-5-6-19-20(13-18)31-12-11-30-19/h1-6,13H,7-12,14-15H2,(H,24,28)(H,25,29)/p+2. The van der Waals surface area contributed by atoms with Crippen molar-refractivity contribution in [3.63, 3.8) is 0 Å². The number of anilines is 2. The lowest BCUT2D eigenvalue weighted by atomic mass is 10.2. The van der Waals surface area contributed by atoms with E-state index in [1.54, 1.807) is 24.3 Å². The Morgan fingerprint density at radius 2 is 1.29 bits per heavy atom. The molecule has 2 aromatic carbocycles. The molecule has 4 rings (SSSR count). The van der Waals surface area contributed by atoms with E-state index in [1.165, 1.54) is 21.9 Å². The molecule has 2 aromatic rings. The molecule has 4 N–H and O–H groups in total. The molecule has 0 unspecified atom stereocenters. The van der Waals surface area contributed by atoms with Gasteiger partial charge < -0.3 is 29.9 Å². The van der Waals surface area contributed by atoms with Gasteiger partial charge >= 0.3 is 0 Å². The predicted octanol–water partition coefficient (Wildman–Crippen LogP) is -1.04. The number of benzene rings is 2. The highest BCUT2D eigenvalue weighted by Crippen LogP contribution is 2.32. The van der Waals surface area contributed by atoms with Crippen LogP contribution in [0.5, 0.6) is 11.5 Å². The number of quaternary nitrogens is 2. The molecule has 0 aliphatic carbocycles. The van der Waals surface area contributed by atoms with E-state index >= 15 is 0 Å². The third-order valence-corrected chi connectivity index (χ3v) is 5.44. The predicted molar refractivity (Wildman–Crippen MR) is 112 cm³/mol. The second-order valence-corrected chi connectivity index (χ2v) is 7.82. The molecule has 31 heavy (non-hydrogen) atoms. The molecule has 2 amide bonds. The molecule has 8 nitrogen and oxygen atoms in total. The lowest BCUT2D eigenvalue weighted by Gasteiger charge is -2.29. The first-order valence-electron chi connectivity index (χ1n) is 10.5. The van der Waals surface area contributed by atoms with Crippen molar-refractivity contribution in [2.45, 2.75) is 0 Å². The van der Waals surface area contributed by atoms with Crippen LogP contribution in [-0.4, -0.2) is 64.3 Å². The lowest BCUT2D eigenvalue weighted by Crippen LogP contribution is -3.28. The van der Waals surface area contributed by atoms with Gasteiger partial charge in [-0.25, -0.2) is 4.39 Å². The van der Waals surface area contributed by atoms with Crippen molar-refractivity contribution in [2.75, 3.05) is 63.1 Å². The van der Waals surface area contributed by atoms with Gasteiger partial charge in [0.1, 0.15) is 45.2 Å². The van der Waals surface area contributed by atoms with Crippen LogP contribution in [0.1, 0.15) is 0 Å². The minimum Gasteiger partial charge on any atom is -0.486 e. The fraction of sp³-hybridized carbons (Fsp3) is 0.364. The molecule has 2 aliphatic heterocycles. The maximum absolute atomic E-state index is 13.0. The molecule has 0 radical (unpaired) electrons. The van der Waals surface area contributed by atoms with Gasteiger partial charge in [0.15, 0.2) is 24.6 Å². The fourth-order valence-electron chi connectivity index (χ4n) is 3.83. The number of piperazine rings is 1. The Hall–Kier alpha value is -3.17. The second kappa shape index (κ2) is 9.76. The van der Waals surface area contributed by atoms with Crippen molar-refractivity contribution >= 4 is 23.2 Å². The molecule has 1 fully saturated rings. The first-order valence-corrected chi connectivity index (χ1v) is 10.5. The zero-order chi connectivity index (χ0) is 21.6. The van der Waals surface area contributed by atoms with Gasteiger partial charge in [-0.15, -0.1) is 0 Å². The molecule has 2 heterocycles. The van der Waals surface area contributed by atoms with Crippen LogP contribution in [-0.2, 0) is 9.59 Å². The van der Waals surface area contributed by atoms with E-state index in [2.05, 4.69) is 10.6 Å². The van der Waals surface area contributed by atoms with Crippen molar-refractivity contribution in [3.8, 4) is 11.5 Å². The highest BCUT2D eigenvalue weighted by Gasteiger charge is 2.26. The molecular formula is C22H27FN4O4+2. The molecule has 0 atom stereocenters. The van der Waals surface area contributed by atoms with Gasteiger partial charge in [-0.1, -0.05) is 0 Å². The highest BCUT2D eigenvalue weighted by atomic mass is 19.1. The smallest absolute Gasteiger partial charge is 0.279 e.